The zero-order valence-electron chi connectivity index (χ0n) is 12.4. The van der Waals surface area contributed by atoms with E-state index in [0.717, 1.165) is 19.4 Å². The summed E-state index contributed by atoms with van der Waals surface area (Å²) in [5.74, 6) is 0. The molecule has 0 amide bonds. The summed E-state index contributed by atoms with van der Waals surface area (Å²) < 4.78 is 1.21. The predicted molar refractivity (Wildman–Crippen MR) is 92.7 cm³/mol. The molecule has 1 heterocycles. The minimum absolute atomic E-state index is 0.402. The summed E-state index contributed by atoms with van der Waals surface area (Å²) in [5, 5.41) is 3.69. The van der Waals surface area contributed by atoms with Gasteiger partial charge in [0.05, 0.1) is 3.79 Å². The van der Waals surface area contributed by atoms with Crippen LogP contribution in [0, 0.1) is 13.8 Å². The van der Waals surface area contributed by atoms with Crippen molar-refractivity contribution in [1.82, 2.24) is 5.32 Å². The van der Waals surface area contributed by atoms with Gasteiger partial charge in [0.2, 0.25) is 0 Å². The fourth-order valence-corrected chi connectivity index (χ4v) is 4.03. The van der Waals surface area contributed by atoms with Crippen molar-refractivity contribution >= 4 is 27.3 Å². The van der Waals surface area contributed by atoms with E-state index in [4.69, 9.17) is 0 Å². The van der Waals surface area contributed by atoms with E-state index in [1.54, 1.807) is 0 Å². The van der Waals surface area contributed by atoms with E-state index in [2.05, 4.69) is 72.3 Å². The lowest BCUT2D eigenvalue weighted by Gasteiger charge is -2.19. The second-order valence-electron chi connectivity index (χ2n) is 5.34. The Morgan fingerprint density at radius 3 is 2.40 bits per heavy atom. The number of thiophene rings is 1. The van der Waals surface area contributed by atoms with Crippen molar-refractivity contribution in [1.29, 1.82) is 0 Å². The summed E-state index contributed by atoms with van der Waals surface area (Å²) >= 11 is 5.38. The molecule has 1 N–H and O–H groups in total. The molecule has 0 fully saturated rings. The Labute approximate surface area is 134 Å². The SMILES string of the molecule is CCCNC(Cc1ccc(Br)s1)c1cc(C)cc(C)c1. The van der Waals surface area contributed by atoms with E-state index in [9.17, 15) is 0 Å². The van der Waals surface area contributed by atoms with Gasteiger partial charge in [-0.2, -0.15) is 0 Å². The van der Waals surface area contributed by atoms with Crippen LogP contribution in [0.1, 0.15) is 41.0 Å². The minimum atomic E-state index is 0.402. The first-order chi connectivity index (χ1) is 9.58. The zero-order valence-corrected chi connectivity index (χ0v) is 14.8. The van der Waals surface area contributed by atoms with Crippen LogP contribution in [0.3, 0.4) is 0 Å². The van der Waals surface area contributed by atoms with Gasteiger partial charge in [0.15, 0.2) is 0 Å². The summed E-state index contributed by atoms with van der Waals surface area (Å²) in [5.41, 5.74) is 4.09. The fraction of sp³-hybridized carbons (Fsp3) is 0.412. The van der Waals surface area contributed by atoms with Gasteiger partial charge >= 0.3 is 0 Å². The number of rotatable bonds is 6. The maximum absolute atomic E-state index is 3.69. The highest BCUT2D eigenvalue weighted by molar-refractivity contribution is 9.11. The first-order valence-corrected chi connectivity index (χ1v) is 8.75. The molecular formula is C17H22BrNS. The van der Waals surface area contributed by atoms with Crippen LogP contribution in [-0.2, 0) is 6.42 Å². The number of benzene rings is 1. The molecule has 0 bridgehead atoms. The molecule has 0 aliphatic rings. The lowest BCUT2D eigenvalue weighted by molar-refractivity contribution is 0.532. The van der Waals surface area contributed by atoms with Crippen molar-refractivity contribution in [2.75, 3.05) is 6.54 Å². The molecule has 0 saturated carbocycles. The molecule has 20 heavy (non-hydrogen) atoms. The quantitative estimate of drug-likeness (QED) is 0.733. The standard InChI is InChI=1S/C17H22BrNS/c1-4-7-19-16(11-15-5-6-17(18)20-15)14-9-12(2)8-13(3)10-14/h5-6,8-10,16,19H,4,7,11H2,1-3H3. The van der Waals surface area contributed by atoms with Crippen LogP contribution in [0.2, 0.25) is 0 Å². The zero-order chi connectivity index (χ0) is 14.5. The summed E-state index contributed by atoms with van der Waals surface area (Å²) in [4.78, 5) is 1.42. The van der Waals surface area contributed by atoms with E-state index in [1.165, 1.54) is 25.4 Å². The Morgan fingerprint density at radius 1 is 1.15 bits per heavy atom. The third kappa shape index (κ3) is 4.44. The topological polar surface area (TPSA) is 12.0 Å². The van der Waals surface area contributed by atoms with E-state index >= 15 is 0 Å². The number of halogens is 1. The van der Waals surface area contributed by atoms with Gasteiger partial charge in [0.1, 0.15) is 0 Å². The lowest BCUT2D eigenvalue weighted by atomic mass is 9.98. The highest BCUT2D eigenvalue weighted by Crippen LogP contribution is 2.27. The van der Waals surface area contributed by atoms with Gasteiger partial charge in [0, 0.05) is 17.3 Å². The molecule has 0 saturated heterocycles. The maximum Gasteiger partial charge on any atom is 0.0701 e. The second-order valence-corrected chi connectivity index (χ2v) is 7.89. The molecule has 0 aliphatic carbocycles. The maximum atomic E-state index is 3.69. The lowest BCUT2D eigenvalue weighted by Crippen LogP contribution is -2.24. The fourth-order valence-electron chi connectivity index (χ4n) is 2.50. The van der Waals surface area contributed by atoms with Gasteiger partial charge in [0.25, 0.3) is 0 Å². The largest absolute Gasteiger partial charge is 0.310 e. The highest BCUT2D eigenvalue weighted by Gasteiger charge is 2.13. The number of nitrogens with one attached hydrogen (secondary N) is 1. The summed E-state index contributed by atoms with van der Waals surface area (Å²) in [7, 11) is 0. The second kappa shape index (κ2) is 7.39. The molecule has 1 aromatic carbocycles. The number of hydrogen-bond acceptors (Lipinski definition) is 2. The van der Waals surface area contributed by atoms with Gasteiger partial charge in [-0.3, -0.25) is 0 Å². The molecule has 108 valence electrons. The van der Waals surface area contributed by atoms with Gasteiger partial charge in [-0.05, 0) is 60.4 Å². The van der Waals surface area contributed by atoms with Crippen molar-refractivity contribution in [2.45, 2.75) is 39.7 Å². The monoisotopic (exact) mass is 351 g/mol. The highest BCUT2D eigenvalue weighted by atomic mass is 79.9. The Balaban J connectivity index is 2.21. The molecule has 0 radical (unpaired) electrons. The van der Waals surface area contributed by atoms with E-state index in [0.29, 0.717) is 6.04 Å². The molecule has 0 spiro atoms. The van der Waals surface area contributed by atoms with Crippen LogP contribution in [-0.4, -0.2) is 6.54 Å². The Bertz CT molecular complexity index is 542. The van der Waals surface area contributed by atoms with Crippen LogP contribution in [0.4, 0.5) is 0 Å². The van der Waals surface area contributed by atoms with Gasteiger partial charge < -0.3 is 5.32 Å². The molecule has 1 atom stereocenters. The molecule has 3 heteroatoms. The molecular weight excluding hydrogens is 330 g/mol. The van der Waals surface area contributed by atoms with Crippen molar-refractivity contribution in [3.8, 4) is 0 Å². The van der Waals surface area contributed by atoms with Gasteiger partial charge in [-0.25, -0.2) is 0 Å². The summed E-state index contributed by atoms with van der Waals surface area (Å²) in [6.07, 6.45) is 2.22. The van der Waals surface area contributed by atoms with E-state index in [-0.39, 0.29) is 0 Å². The van der Waals surface area contributed by atoms with Crippen molar-refractivity contribution in [3.05, 3.63) is 55.7 Å². The third-order valence-corrected chi connectivity index (χ3v) is 4.97. The minimum Gasteiger partial charge on any atom is -0.310 e. The summed E-state index contributed by atoms with van der Waals surface area (Å²) in [6, 6.07) is 11.6. The smallest absolute Gasteiger partial charge is 0.0701 e. The van der Waals surface area contributed by atoms with E-state index in [1.807, 2.05) is 11.3 Å². The van der Waals surface area contributed by atoms with Gasteiger partial charge in [-0.15, -0.1) is 11.3 Å². The Kier molecular flexibility index (Phi) is 5.82. The van der Waals surface area contributed by atoms with E-state index < -0.39 is 0 Å². The first-order valence-electron chi connectivity index (χ1n) is 7.14. The predicted octanol–water partition coefficient (Wildman–Crippen LogP) is 5.41. The molecule has 1 aromatic heterocycles. The van der Waals surface area contributed by atoms with Crippen LogP contribution in [0.25, 0.3) is 0 Å². The normalized spacial score (nSPS) is 12.6. The molecule has 2 aromatic rings. The average molecular weight is 352 g/mol. The van der Waals surface area contributed by atoms with Crippen molar-refractivity contribution in [3.63, 3.8) is 0 Å². The molecule has 1 unspecified atom stereocenters. The Morgan fingerprint density at radius 2 is 1.85 bits per heavy atom. The first kappa shape index (κ1) is 15.7. The molecule has 0 aliphatic heterocycles. The van der Waals surface area contributed by atoms with Crippen molar-refractivity contribution in [2.24, 2.45) is 0 Å². The van der Waals surface area contributed by atoms with Gasteiger partial charge in [-0.1, -0.05) is 36.2 Å². The van der Waals surface area contributed by atoms with Crippen LogP contribution >= 0.6 is 27.3 Å². The Hall–Kier alpha value is -0.640. The molecule has 1 nitrogen and oxygen atoms in total. The van der Waals surface area contributed by atoms with Crippen LogP contribution in [0.5, 0.6) is 0 Å². The van der Waals surface area contributed by atoms with Crippen molar-refractivity contribution < 1.29 is 0 Å². The number of hydrogen-bond donors (Lipinski definition) is 1. The van der Waals surface area contributed by atoms with Crippen LogP contribution in [0.15, 0.2) is 34.1 Å². The average Bonchev–Trinajstić information content (AvgIpc) is 2.79. The molecule has 2 rings (SSSR count). The number of aryl methyl sites for hydroxylation is 2. The third-order valence-electron chi connectivity index (χ3n) is 3.32. The van der Waals surface area contributed by atoms with Crippen LogP contribution < -0.4 is 5.32 Å². The summed E-state index contributed by atoms with van der Waals surface area (Å²) in [6.45, 7) is 7.63.